The summed E-state index contributed by atoms with van der Waals surface area (Å²) in [7, 11) is 1.64. The Bertz CT molecular complexity index is 958. The Morgan fingerprint density at radius 2 is 1.92 bits per heavy atom. The van der Waals surface area contributed by atoms with Crippen molar-refractivity contribution in [3.63, 3.8) is 0 Å². The molecular weight excluding hydrogens is 349 g/mol. The average molecular weight is 369 g/mol. The second-order valence-electron chi connectivity index (χ2n) is 5.72. The first-order valence-electron chi connectivity index (χ1n) is 8.25. The molecule has 0 aliphatic heterocycles. The maximum Gasteiger partial charge on any atom is 0.206 e. The van der Waals surface area contributed by atoms with E-state index < -0.39 is 0 Å². The lowest BCUT2D eigenvalue weighted by Gasteiger charge is -2.05. The highest BCUT2D eigenvalue weighted by molar-refractivity contribution is 7.07. The summed E-state index contributed by atoms with van der Waals surface area (Å²) >= 11 is 1.43. The lowest BCUT2D eigenvalue weighted by Crippen LogP contribution is -2.14. The number of aromatic nitrogens is 1. The molecule has 0 fully saturated rings. The summed E-state index contributed by atoms with van der Waals surface area (Å²) in [5.41, 5.74) is 3.33. The van der Waals surface area contributed by atoms with Gasteiger partial charge in [-0.3, -0.25) is 4.99 Å². The summed E-state index contributed by atoms with van der Waals surface area (Å²) in [6, 6.07) is 14.7. The van der Waals surface area contributed by atoms with E-state index >= 15 is 0 Å². The molecule has 0 unspecified atom stereocenters. The first-order valence-corrected chi connectivity index (χ1v) is 9.13. The SMILES string of the molecule is COCCN=c1scc(-c2ccccc2F)n1/N=C\c1ccc(C)cc1. The fraction of sp³-hybridized carbons (Fsp3) is 0.200. The number of hydrogen-bond acceptors (Lipinski definition) is 4. The second kappa shape index (κ2) is 8.69. The highest BCUT2D eigenvalue weighted by Crippen LogP contribution is 2.23. The van der Waals surface area contributed by atoms with Gasteiger partial charge in [0.25, 0.3) is 0 Å². The van der Waals surface area contributed by atoms with Gasteiger partial charge in [0.05, 0.1) is 25.1 Å². The zero-order chi connectivity index (χ0) is 18.4. The summed E-state index contributed by atoms with van der Waals surface area (Å²) < 4.78 is 21.0. The van der Waals surface area contributed by atoms with Crippen LogP contribution < -0.4 is 4.80 Å². The third-order valence-electron chi connectivity index (χ3n) is 3.78. The largest absolute Gasteiger partial charge is 0.383 e. The number of thiazole rings is 1. The van der Waals surface area contributed by atoms with Gasteiger partial charge < -0.3 is 4.74 Å². The molecule has 0 bridgehead atoms. The highest BCUT2D eigenvalue weighted by Gasteiger charge is 2.11. The first-order chi connectivity index (χ1) is 12.7. The molecule has 0 saturated carbocycles. The van der Waals surface area contributed by atoms with Crippen LogP contribution in [0.5, 0.6) is 0 Å². The van der Waals surface area contributed by atoms with Crippen molar-refractivity contribution in [2.45, 2.75) is 6.92 Å². The first kappa shape index (κ1) is 18.2. The van der Waals surface area contributed by atoms with E-state index in [2.05, 4.69) is 10.1 Å². The van der Waals surface area contributed by atoms with Gasteiger partial charge in [-0.1, -0.05) is 42.0 Å². The van der Waals surface area contributed by atoms with E-state index in [1.54, 1.807) is 30.1 Å². The molecule has 0 amide bonds. The fourth-order valence-corrected chi connectivity index (χ4v) is 3.24. The number of halogens is 1. The van der Waals surface area contributed by atoms with Crippen LogP contribution >= 0.6 is 11.3 Å². The maximum absolute atomic E-state index is 14.3. The Kier molecular flexibility index (Phi) is 6.09. The molecule has 3 rings (SSSR count). The Hall–Kier alpha value is -2.57. The Morgan fingerprint density at radius 1 is 1.15 bits per heavy atom. The van der Waals surface area contributed by atoms with Crippen molar-refractivity contribution in [3.8, 4) is 11.3 Å². The van der Waals surface area contributed by atoms with Gasteiger partial charge in [0, 0.05) is 18.1 Å². The Labute approximate surface area is 155 Å². The van der Waals surface area contributed by atoms with E-state index in [0.717, 1.165) is 5.56 Å². The van der Waals surface area contributed by atoms with E-state index in [9.17, 15) is 4.39 Å². The van der Waals surface area contributed by atoms with Crippen molar-refractivity contribution >= 4 is 17.6 Å². The predicted octanol–water partition coefficient (Wildman–Crippen LogP) is 4.09. The molecule has 0 spiro atoms. The molecule has 1 aromatic heterocycles. The van der Waals surface area contributed by atoms with Crippen LogP contribution in [0.4, 0.5) is 4.39 Å². The summed E-state index contributed by atoms with van der Waals surface area (Å²) in [4.78, 5) is 5.22. The van der Waals surface area contributed by atoms with Crippen molar-refractivity contribution in [1.29, 1.82) is 0 Å². The number of hydrogen-bond donors (Lipinski definition) is 0. The summed E-state index contributed by atoms with van der Waals surface area (Å²) in [5, 5.41) is 6.43. The minimum Gasteiger partial charge on any atom is -0.383 e. The van der Waals surface area contributed by atoms with Crippen LogP contribution in [0, 0.1) is 12.7 Å². The lowest BCUT2D eigenvalue weighted by atomic mass is 10.1. The average Bonchev–Trinajstić information content (AvgIpc) is 3.04. The third kappa shape index (κ3) is 4.33. The summed E-state index contributed by atoms with van der Waals surface area (Å²) in [6.45, 7) is 3.08. The topological polar surface area (TPSA) is 38.9 Å². The third-order valence-corrected chi connectivity index (χ3v) is 4.63. The van der Waals surface area contributed by atoms with Gasteiger partial charge in [-0.05, 0) is 24.6 Å². The molecular formula is C20H20FN3OS. The van der Waals surface area contributed by atoms with Crippen molar-refractivity contribution in [2.24, 2.45) is 10.1 Å². The van der Waals surface area contributed by atoms with E-state index in [4.69, 9.17) is 4.74 Å². The summed E-state index contributed by atoms with van der Waals surface area (Å²) in [6.07, 6.45) is 1.76. The minimum absolute atomic E-state index is 0.284. The lowest BCUT2D eigenvalue weighted by molar-refractivity contribution is 0.207. The zero-order valence-corrected chi connectivity index (χ0v) is 15.5. The molecule has 0 aliphatic carbocycles. The zero-order valence-electron chi connectivity index (χ0n) is 14.7. The molecule has 0 saturated heterocycles. The van der Waals surface area contributed by atoms with Gasteiger partial charge >= 0.3 is 0 Å². The molecule has 26 heavy (non-hydrogen) atoms. The Balaban J connectivity index is 2.04. The van der Waals surface area contributed by atoms with Crippen LogP contribution in [0.15, 0.2) is 64.0 Å². The van der Waals surface area contributed by atoms with Gasteiger partial charge in [0.1, 0.15) is 5.82 Å². The fourth-order valence-electron chi connectivity index (χ4n) is 2.38. The molecule has 2 aromatic carbocycles. The number of aryl methyl sites for hydroxylation is 1. The molecule has 0 radical (unpaired) electrons. The van der Waals surface area contributed by atoms with Gasteiger partial charge in [0.2, 0.25) is 4.80 Å². The molecule has 134 valence electrons. The molecule has 6 heteroatoms. The number of benzene rings is 2. The molecule has 0 N–H and O–H groups in total. The maximum atomic E-state index is 14.3. The van der Waals surface area contributed by atoms with Crippen molar-refractivity contribution in [3.05, 3.63) is 75.7 Å². The number of ether oxygens (including phenoxy) is 1. The minimum atomic E-state index is -0.284. The van der Waals surface area contributed by atoms with Crippen molar-refractivity contribution < 1.29 is 9.13 Å². The van der Waals surface area contributed by atoms with Crippen molar-refractivity contribution in [1.82, 2.24) is 4.68 Å². The van der Waals surface area contributed by atoms with Crippen LogP contribution in [0.2, 0.25) is 0 Å². The van der Waals surface area contributed by atoms with Crippen molar-refractivity contribution in [2.75, 3.05) is 20.3 Å². The quantitative estimate of drug-likeness (QED) is 0.476. The molecule has 0 atom stereocenters. The molecule has 0 aliphatic rings. The van der Waals surface area contributed by atoms with E-state index in [1.807, 2.05) is 42.6 Å². The monoisotopic (exact) mass is 369 g/mol. The van der Waals surface area contributed by atoms with E-state index in [1.165, 1.54) is 23.0 Å². The molecule has 1 heterocycles. The summed E-state index contributed by atoms with van der Waals surface area (Å²) in [5.74, 6) is -0.284. The van der Waals surface area contributed by atoms with Crippen LogP contribution in [0.1, 0.15) is 11.1 Å². The normalized spacial score (nSPS) is 12.2. The molecule has 4 nitrogen and oxygen atoms in total. The van der Waals surface area contributed by atoms with Gasteiger partial charge in [-0.2, -0.15) is 5.10 Å². The Morgan fingerprint density at radius 3 is 2.65 bits per heavy atom. The van der Waals surface area contributed by atoms with Gasteiger partial charge in [-0.25, -0.2) is 9.07 Å². The number of nitrogens with zero attached hydrogens (tertiary/aromatic N) is 3. The van der Waals surface area contributed by atoms with E-state index in [-0.39, 0.29) is 5.82 Å². The number of methoxy groups -OCH3 is 1. The van der Waals surface area contributed by atoms with E-state index in [0.29, 0.717) is 29.2 Å². The second-order valence-corrected chi connectivity index (χ2v) is 6.56. The van der Waals surface area contributed by atoms with Gasteiger partial charge in [-0.15, -0.1) is 11.3 Å². The smallest absolute Gasteiger partial charge is 0.206 e. The van der Waals surface area contributed by atoms with Crippen LogP contribution in [-0.4, -0.2) is 31.2 Å². The van der Waals surface area contributed by atoms with Crippen LogP contribution in [0.3, 0.4) is 0 Å². The van der Waals surface area contributed by atoms with Gasteiger partial charge in [0.15, 0.2) is 0 Å². The molecule has 3 aromatic rings. The standard InChI is InChI=1S/C20H20FN3OS/c1-15-7-9-16(10-8-15)13-23-24-19(17-5-3-4-6-18(17)21)14-26-20(24)22-11-12-25-2/h3-10,13-14H,11-12H2,1-2H3/b22-20?,23-13-. The number of rotatable bonds is 6. The van der Waals surface area contributed by atoms with Crippen LogP contribution in [-0.2, 0) is 4.74 Å². The highest BCUT2D eigenvalue weighted by atomic mass is 32.1. The predicted molar refractivity (Wildman–Crippen MR) is 104 cm³/mol. The van der Waals surface area contributed by atoms with Crippen LogP contribution in [0.25, 0.3) is 11.3 Å².